The molecule has 45 heavy (non-hydrogen) atoms. The Balaban J connectivity index is 0.000000713. The predicted molar refractivity (Wildman–Crippen MR) is 169 cm³/mol. The van der Waals surface area contributed by atoms with Crippen LogP contribution in [0.5, 0.6) is 5.88 Å². The predicted octanol–water partition coefficient (Wildman–Crippen LogP) is 5.12. The SMILES string of the molecule is N#Cc1ccc(CCN[C@H](c2ccccc2)[C@@H]2CNc3cc(-c4cc5ccc(C#N)cc5[nH]4)cnc3O2)cc1.O=CO.O=CO. The Hall–Kier alpha value is -6.17. The molecule has 0 fully saturated rings. The summed E-state index contributed by atoms with van der Waals surface area (Å²) in [6.07, 6.45) is 2.50. The van der Waals surface area contributed by atoms with Crippen LogP contribution >= 0.6 is 0 Å². The molecule has 11 heteroatoms. The maximum Gasteiger partial charge on any atom is 0.290 e. The Morgan fingerprint density at radius 2 is 1.64 bits per heavy atom. The third-order valence-electron chi connectivity index (χ3n) is 7.06. The summed E-state index contributed by atoms with van der Waals surface area (Å²) in [5.41, 5.74) is 7.27. The number of ether oxygens (including phenoxy) is 1. The Labute approximate surface area is 259 Å². The average Bonchev–Trinajstić information content (AvgIpc) is 3.51. The number of rotatable bonds is 7. The van der Waals surface area contributed by atoms with Crippen LogP contribution in [0.2, 0.25) is 0 Å². The quantitative estimate of drug-likeness (QED) is 0.157. The van der Waals surface area contributed by atoms with E-state index >= 15 is 0 Å². The van der Waals surface area contributed by atoms with Crippen molar-refractivity contribution >= 4 is 29.5 Å². The highest BCUT2D eigenvalue weighted by molar-refractivity contribution is 5.87. The van der Waals surface area contributed by atoms with E-state index in [1.807, 2.05) is 72.9 Å². The van der Waals surface area contributed by atoms with Gasteiger partial charge in [0.1, 0.15) is 6.10 Å². The zero-order valence-electron chi connectivity index (χ0n) is 24.1. The van der Waals surface area contributed by atoms with Gasteiger partial charge in [0.05, 0.1) is 41.5 Å². The van der Waals surface area contributed by atoms with Crippen molar-refractivity contribution in [1.29, 1.82) is 10.5 Å². The number of nitriles is 2. The van der Waals surface area contributed by atoms with Crippen molar-refractivity contribution in [2.75, 3.05) is 18.4 Å². The van der Waals surface area contributed by atoms with Crippen LogP contribution in [0.3, 0.4) is 0 Å². The van der Waals surface area contributed by atoms with Crippen molar-refractivity contribution < 1.29 is 24.5 Å². The van der Waals surface area contributed by atoms with Crippen LogP contribution in [0.4, 0.5) is 5.69 Å². The van der Waals surface area contributed by atoms with Crippen molar-refractivity contribution in [3.05, 3.63) is 113 Å². The Kier molecular flexibility index (Phi) is 11.2. The van der Waals surface area contributed by atoms with Gasteiger partial charge >= 0.3 is 0 Å². The first-order valence-corrected chi connectivity index (χ1v) is 13.9. The monoisotopic (exact) mass is 602 g/mol. The van der Waals surface area contributed by atoms with Crippen molar-refractivity contribution in [2.45, 2.75) is 18.6 Å². The fourth-order valence-electron chi connectivity index (χ4n) is 5.00. The summed E-state index contributed by atoms with van der Waals surface area (Å²) < 4.78 is 6.44. The second-order valence-corrected chi connectivity index (χ2v) is 9.82. The zero-order valence-corrected chi connectivity index (χ0v) is 24.1. The second-order valence-electron chi connectivity index (χ2n) is 9.82. The first-order chi connectivity index (χ1) is 22.0. The number of fused-ring (bicyclic) bond motifs is 2. The molecular formula is C34H30N6O5. The largest absolute Gasteiger partial charge is 0.483 e. The van der Waals surface area contributed by atoms with E-state index in [1.165, 1.54) is 5.56 Å². The number of aromatic amines is 1. The van der Waals surface area contributed by atoms with Crippen molar-refractivity contribution in [3.63, 3.8) is 0 Å². The molecule has 0 bridgehead atoms. The molecule has 1 aliphatic rings. The van der Waals surface area contributed by atoms with E-state index in [1.54, 1.807) is 0 Å². The molecule has 2 aromatic heterocycles. The number of aromatic nitrogens is 2. The summed E-state index contributed by atoms with van der Waals surface area (Å²) in [5, 5.41) is 40.3. The number of pyridine rings is 1. The van der Waals surface area contributed by atoms with Gasteiger partial charge in [0.25, 0.3) is 12.9 Å². The molecule has 0 unspecified atom stereocenters. The van der Waals surface area contributed by atoms with Crippen LogP contribution in [-0.2, 0) is 16.0 Å². The van der Waals surface area contributed by atoms with Gasteiger partial charge in [-0.3, -0.25) is 9.59 Å². The van der Waals surface area contributed by atoms with Crippen LogP contribution in [-0.4, -0.2) is 52.3 Å². The van der Waals surface area contributed by atoms with Gasteiger partial charge in [0.2, 0.25) is 5.88 Å². The highest BCUT2D eigenvalue weighted by Crippen LogP contribution is 2.35. The molecule has 0 spiro atoms. The summed E-state index contributed by atoms with van der Waals surface area (Å²) in [6.45, 7) is 0.887. The normalized spacial score (nSPS) is 13.4. The fourth-order valence-corrected chi connectivity index (χ4v) is 5.00. The number of benzene rings is 3. The third-order valence-corrected chi connectivity index (χ3v) is 7.06. The van der Waals surface area contributed by atoms with Crippen LogP contribution in [0.1, 0.15) is 28.3 Å². The number of hydrogen-bond donors (Lipinski definition) is 5. The third kappa shape index (κ3) is 8.23. The highest BCUT2D eigenvalue weighted by Gasteiger charge is 2.29. The van der Waals surface area contributed by atoms with E-state index in [9.17, 15) is 5.26 Å². The van der Waals surface area contributed by atoms with Gasteiger partial charge in [-0.1, -0.05) is 48.5 Å². The topological polar surface area (TPSA) is 184 Å². The summed E-state index contributed by atoms with van der Waals surface area (Å²) in [7, 11) is 0. The van der Waals surface area contributed by atoms with Crippen molar-refractivity contribution in [3.8, 4) is 29.3 Å². The number of nitrogens with zero attached hydrogens (tertiary/aromatic N) is 3. The number of hydrogen-bond acceptors (Lipinski definition) is 8. The molecule has 5 N–H and O–H groups in total. The molecule has 3 heterocycles. The van der Waals surface area contributed by atoms with E-state index in [4.69, 9.17) is 29.8 Å². The molecule has 0 amide bonds. The number of anilines is 1. The first kappa shape index (κ1) is 31.8. The Morgan fingerprint density at radius 1 is 0.956 bits per heavy atom. The lowest BCUT2D eigenvalue weighted by atomic mass is 9.99. The van der Waals surface area contributed by atoms with E-state index < -0.39 is 0 Å². The zero-order chi connectivity index (χ0) is 32.0. The van der Waals surface area contributed by atoms with Crippen LogP contribution < -0.4 is 15.4 Å². The molecule has 11 nitrogen and oxygen atoms in total. The maximum absolute atomic E-state index is 9.19. The lowest BCUT2D eigenvalue weighted by Gasteiger charge is -2.33. The fraction of sp³-hybridized carbons (Fsp3) is 0.147. The van der Waals surface area contributed by atoms with E-state index in [2.05, 4.69) is 50.9 Å². The smallest absolute Gasteiger partial charge is 0.290 e. The summed E-state index contributed by atoms with van der Waals surface area (Å²) >= 11 is 0. The lowest BCUT2D eigenvalue weighted by molar-refractivity contribution is -0.123. The minimum absolute atomic E-state index is 0.0326. The number of nitrogens with one attached hydrogen (secondary N) is 3. The van der Waals surface area contributed by atoms with Gasteiger partial charge in [0.15, 0.2) is 0 Å². The number of carbonyl (C=O) groups is 2. The van der Waals surface area contributed by atoms with E-state index in [0.29, 0.717) is 23.6 Å². The first-order valence-electron chi connectivity index (χ1n) is 13.9. The Morgan fingerprint density at radius 3 is 2.33 bits per heavy atom. The van der Waals surface area contributed by atoms with E-state index in [0.717, 1.165) is 46.4 Å². The lowest BCUT2D eigenvalue weighted by Crippen LogP contribution is -2.43. The average molecular weight is 603 g/mol. The van der Waals surface area contributed by atoms with E-state index in [-0.39, 0.29) is 25.1 Å². The number of H-pyrrole nitrogens is 1. The van der Waals surface area contributed by atoms with Gasteiger partial charge in [-0.15, -0.1) is 0 Å². The highest BCUT2D eigenvalue weighted by atomic mass is 16.5. The van der Waals surface area contributed by atoms with Crippen LogP contribution in [0.15, 0.2) is 91.1 Å². The standard InChI is InChI=1S/C32H26N6O.2CH2O2/c33-17-22-8-6-21(7-9-22)12-13-35-31(24-4-2-1-3-5-24)30-20-36-29-16-26(19-37-32(29)39-30)28-15-25-11-10-23(18-34)14-27(25)38-28;2*2-1-3/h1-11,14-16,19,30-31,35-36,38H,12-13,20H2;2*1H,(H,2,3)/t30-,31+;;/m0../s1. The molecule has 6 rings (SSSR count). The molecule has 0 aliphatic carbocycles. The second kappa shape index (κ2) is 15.9. The minimum Gasteiger partial charge on any atom is -0.483 e. The molecule has 3 aromatic carbocycles. The molecule has 2 atom stereocenters. The molecule has 0 saturated carbocycles. The molecular weight excluding hydrogens is 572 g/mol. The summed E-state index contributed by atoms with van der Waals surface area (Å²) in [4.78, 5) is 24.8. The van der Waals surface area contributed by atoms with Gasteiger partial charge in [-0.2, -0.15) is 10.5 Å². The molecule has 0 radical (unpaired) electrons. The Bertz CT molecular complexity index is 1800. The summed E-state index contributed by atoms with van der Waals surface area (Å²) in [6, 6.07) is 32.1. The van der Waals surface area contributed by atoms with Gasteiger partial charge in [-0.05, 0) is 60.5 Å². The van der Waals surface area contributed by atoms with Crippen molar-refractivity contribution in [2.24, 2.45) is 0 Å². The molecule has 0 saturated heterocycles. The van der Waals surface area contributed by atoms with Gasteiger partial charge in [0, 0.05) is 28.4 Å². The minimum atomic E-state index is -0.250. The summed E-state index contributed by atoms with van der Waals surface area (Å²) in [5.74, 6) is 0.577. The molecule has 1 aliphatic heterocycles. The maximum atomic E-state index is 9.19. The molecule has 226 valence electrons. The number of carboxylic acid groups (broad SMARTS) is 2. The van der Waals surface area contributed by atoms with Gasteiger partial charge < -0.3 is 30.6 Å². The van der Waals surface area contributed by atoms with Crippen LogP contribution in [0.25, 0.3) is 22.2 Å². The molecule has 5 aromatic rings. The van der Waals surface area contributed by atoms with Gasteiger partial charge in [-0.25, -0.2) is 4.98 Å². The van der Waals surface area contributed by atoms with Crippen LogP contribution in [0, 0.1) is 22.7 Å². The van der Waals surface area contributed by atoms with Crippen molar-refractivity contribution in [1.82, 2.24) is 15.3 Å².